The minimum absolute atomic E-state index is 0.0805. The zero-order chi connectivity index (χ0) is 14.8. The lowest BCUT2D eigenvalue weighted by molar-refractivity contribution is -0.120. The molecule has 0 aliphatic carbocycles. The van der Waals surface area contributed by atoms with Crippen molar-refractivity contribution in [1.82, 2.24) is 20.1 Å². The first kappa shape index (κ1) is 13.7. The van der Waals surface area contributed by atoms with Crippen LogP contribution in [-0.4, -0.2) is 33.8 Å². The van der Waals surface area contributed by atoms with Crippen molar-refractivity contribution in [2.75, 3.05) is 18.4 Å². The maximum atomic E-state index is 14.1. The molecule has 21 heavy (non-hydrogen) atoms. The van der Waals surface area contributed by atoms with E-state index in [2.05, 4.69) is 20.7 Å². The van der Waals surface area contributed by atoms with Gasteiger partial charge in [0.05, 0.1) is 5.92 Å². The second kappa shape index (κ2) is 5.61. The van der Waals surface area contributed by atoms with Gasteiger partial charge >= 0.3 is 0 Å². The molecule has 2 heterocycles. The molecule has 2 unspecified atom stereocenters. The van der Waals surface area contributed by atoms with Gasteiger partial charge in [0.1, 0.15) is 18.3 Å². The molecule has 1 aliphatic heterocycles. The van der Waals surface area contributed by atoms with Crippen molar-refractivity contribution in [2.24, 2.45) is 11.8 Å². The van der Waals surface area contributed by atoms with Crippen LogP contribution in [0, 0.1) is 17.7 Å². The molecule has 0 spiro atoms. The average Bonchev–Trinajstić information content (AvgIpc) is 3.10. The van der Waals surface area contributed by atoms with E-state index in [1.165, 1.54) is 23.4 Å². The third kappa shape index (κ3) is 2.78. The zero-order valence-electron chi connectivity index (χ0n) is 11.6. The summed E-state index contributed by atoms with van der Waals surface area (Å²) in [6.45, 7) is 3.52. The maximum Gasteiger partial charge on any atom is 0.229 e. The number of nitrogens with zero attached hydrogens (tertiary/aromatic N) is 3. The summed E-state index contributed by atoms with van der Waals surface area (Å²) in [7, 11) is 0. The largest absolute Gasteiger partial charge is 0.326 e. The second-order valence-corrected chi connectivity index (χ2v) is 5.24. The van der Waals surface area contributed by atoms with Gasteiger partial charge in [0, 0.05) is 12.2 Å². The molecule has 1 amide bonds. The van der Waals surface area contributed by atoms with Crippen LogP contribution in [0.1, 0.15) is 6.92 Å². The Balaban J connectivity index is 1.75. The van der Waals surface area contributed by atoms with Crippen molar-refractivity contribution in [3.8, 4) is 5.69 Å². The highest BCUT2D eigenvalue weighted by atomic mass is 19.1. The molecule has 2 N–H and O–H groups in total. The van der Waals surface area contributed by atoms with Crippen molar-refractivity contribution in [3.05, 3.63) is 36.7 Å². The summed E-state index contributed by atoms with van der Waals surface area (Å²) in [5.41, 5.74) is 0.738. The van der Waals surface area contributed by atoms with Crippen LogP contribution in [0.3, 0.4) is 0 Å². The van der Waals surface area contributed by atoms with Gasteiger partial charge in [-0.15, -0.1) is 0 Å². The summed E-state index contributed by atoms with van der Waals surface area (Å²) in [6.07, 6.45) is 2.76. The van der Waals surface area contributed by atoms with Crippen molar-refractivity contribution in [3.63, 3.8) is 0 Å². The molecule has 0 bridgehead atoms. The molecular weight excluding hydrogens is 273 g/mol. The molecule has 3 rings (SSSR count). The minimum Gasteiger partial charge on any atom is -0.326 e. The molecule has 0 saturated carbocycles. The number of anilines is 1. The van der Waals surface area contributed by atoms with Crippen LogP contribution >= 0.6 is 0 Å². The highest BCUT2D eigenvalue weighted by molar-refractivity contribution is 5.93. The maximum absolute atomic E-state index is 14.1. The molecule has 1 aliphatic rings. The number of nitrogens with one attached hydrogen (secondary N) is 2. The fourth-order valence-corrected chi connectivity index (χ4v) is 2.50. The van der Waals surface area contributed by atoms with Crippen LogP contribution in [0.5, 0.6) is 0 Å². The van der Waals surface area contributed by atoms with E-state index in [0.717, 1.165) is 6.54 Å². The van der Waals surface area contributed by atoms with Gasteiger partial charge in [-0.25, -0.2) is 14.1 Å². The fourth-order valence-electron chi connectivity index (χ4n) is 2.50. The summed E-state index contributed by atoms with van der Waals surface area (Å²) in [4.78, 5) is 15.9. The van der Waals surface area contributed by atoms with Crippen LogP contribution in [0.4, 0.5) is 10.1 Å². The number of aromatic nitrogens is 3. The van der Waals surface area contributed by atoms with Gasteiger partial charge in [0.25, 0.3) is 0 Å². The average molecular weight is 289 g/mol. The lowest BCUT2D eigenvalue weighted by Gasteiger charge is -2.14. The third-order valence-electron chi connectivity index (χ3n) is 3.74. The Labute approximate surface area is 121 Å². The quantitative estimate of drug-likeness (QED) is 0.890. The Morgan fingerprint density at radius 2 is 2.33 bits per heavy atom. The van der Waals surface area contributed by atoms with E-state index >= 15 is 0 Å². The standard InChI is InChI=1S/C14H16FN5O/c1-9-5-16-6-11(9)14(21)19-10-2-3-13(12(15)4-10)20-8-17-7-18-20/h2-4,7-9,11,16H,5-6H2,1H3,(H,19,21). The second-order valence-electron chi connectivity index (χ2n) is 5.24. The number of hydrogen-bond donors (Lipinski definition) is 2. The van der Waals surface area contributed by atoms with Crippen LogP contribution < -0.4 is 10.6 Å². The van der Waals surface area contributed by atoms with Crippen LogP contribution in [0.25, 0.3) is 5.69 Å². The molecule has 110 valence electrons. The molecule has 0 radical (unpaired) electrons. The number of rotatable bonds is 3. The lowest BCUT2D eigenvalue weighted by Crippen LogP contribution is -2.27. The van der Waals surface area contributed by atoms with Gasteiger partial charge in [0.2, 0.25) is 5.91 Å². The van der Waals surface area contributed by atoms with E-state index in [0.29, 0.717) is 17.9 Å². The fraction of sp³-hybridized carbons (Fsp3) is 0.357. The van der Waals surface area contributed by atoms with E-state index < -0.39 is 5.82 Å². The SMILES string of the molecule is CC1CNCC1C(=O)Nc1ccc(-n2cncn2)c(F)c1. The first-order valence-electron chi connectivity index (χ1n) is 6.81. The third-order valence-corrected chi connectivity index (χ3v) is 3.74. The van der Waals surface area contributed by atoms with Crippen molar-refractivity contribution < 1.29 is 9.18 Å². The van der Waals surface area contributed by atoms with Gasteiger partial charge in [-0.05, 0) is 30.7 Å². The van der Waals surface area contributed by atoms with Crippen molar-refractivity contribution in [1.29, 1.82) is 0 Å². The zero-order valence-corrected chi connectivity index (χ0v) is 11.6. The lowest BCUT2D eigenvalue weighted by atomic mass is 9.97. The summed E-state index contributed by atoms with van der Waals surface area (Å²) in [5, 5.41) is 9.82. The number of amides is 1. The first-order chi connectivity index (χ1) is 10.1. The molecule has 7 heteroatoms. The number of benzene rings is 1. The minimum atomic E-state index is -0.462. The number of halogens is 1. The monoisotopic (exact) mass is 289 g/mol. The molecular formula is C14H16FN5O. The molecule has 1 aromatic heterocycles. The molecule has 1 aromatic carbocycles. The van der Waals surface area contributed by atoms with Gasteiger partial charge in [0.15, 0.2) is 5.82 Å². The van der Waals surface area contributed by atoms with Crippen molar-refractivity contribution >= 4 is 11.6 Å². The van der Waals surface area contributed by atoms with Gasteiger partial charge in [-0.2, -0.15) is 5.10 Å². The highest BCUT2D eigenvalue weighted by Gasteiger charge is 2.29. The Morgan fingerprint density at radius 3 is 2.95 bits per heavy atom. The van der Waals surface area contributed by atoms with Crippen LogP contribution in [0.15, 0.2) is 30.9 Å². The van der Waals surface area contributed by atoms with E-state index in [4.69, 9.17) is 0 Å². The van der Waals surface area contributed by atoms with E-state index in [1.54, 1.807) is 12.1 Å². The number of hydrogen-bond acceptors (Lipinski definition) is 4. The summed E-state index contributed by atoms with van der Waals surface area (Å²) >= 11 is 0. The molecule has 1 fully saturated rings. The molecule has 1 saturated heterocycles. The Kier molecular flexibility index (Phi) is 3.66. The van der Waals surface area contributed by atoms with Gasteiger partial charge < -0.3 is 10.6 Å². The Bertz CT molecular complexity index is 643. The van der Waals surface area contributed by atoms with E-state index in [1.807, 2.05) is 6.92 Å². The Morgan fingerprint density at radius 1 is 1.48 bits per heavy atom. The molecule has 6 nitrogen and oxygen atoms in total. The molecule has 2 aromatic rings. The summed E-state index contributed by atoms with van der Waals surface area (Å²) in [6, 6.07) is 4.52. The van der Waals surface area contributed by atoms with E-state index in [-0.39, 0.29) is 17.7 Å². The topological polar surface area (TPSA) is 71.8 Å². The number of carbonyl (C=O) groups excluding carboxylic acids is 1. The van der Waals surface area contributed by atoms with Gasteiger partial charge in [-0.1, -0.05) is 6.92 Å². The summed E-state index contributed by atoms with van der Waals surface area (Å²) < 4.78 is 15.4. The van der Waals surface area contributed by atoms with Crippen molar-refractivity contribution in [2.45, 2.75) is 6.92 Å². The van der Waals surface area contributed by atoms with Crippen LogP contribution in [-0.2, 0) is 4.79 Å². The van der Waals surface area contributed by atoms with E-state index in [9.17, 15) is 9.18 Å². The predicted molar refractivity (Wildman–Crippen MR) is 75.5 cm³/mol. The summed E-state index contributed by atoms with van der Waals surface area (Å²) in [5.74, 6) is -0.344. The predicted octanol–water partition coefficient (Wildman–Crippen LogP) is 1.20. The van der Waals surface area contributed by atoms with Gasteiger partial charge in [-0.3, -0.25) is 4.79 Å². The number of carbonyl (C=O) groups is 1. The smallest absolute Gasteiger partial charge is 0.229 e. The highest BCUT2D eigenvalue weighted by Crippen LogP contribution is 2.21. The molecule has 2 atom stereocenters. The first-order valence-corrected chi connectivity index (χ1v) is 6.81. The van der Waals surface area contributed by atoms with Crippen LogP contribution in [0.2, 0.25) is 0 Å². The normalized spacial score (nSPS) is 21.4. The Hall–Kier alpha value is -2.28.